The number of ether oxygens (including phenoxy) is 2. The molecule has 1 N–H and O–H groups in total. The summed E-state index contributed by atoms with van der Waals surface area (Å²) in [5, 5.41) is 13.4. The van der Waals surface area contributed by atoms with Crippen molar-refractivity contribution in [2.75, 3.05) is 17.8 Å². The molecule has 7 heteroatoms. The number of amides is 1. The minimum absolute atomic E-state index is 0.0598. The first kappa shape index (κ1) is 21.5. The number of nitrogens with zero attached hydrogens (tertiary/aromatic N) is 2. The summed E-state index contributed by atoms with van der Waals surface area (Å²) < 4.78 is 12.9. The lowest BCUT2D eigenvalue weighted by atomic mass is 10.1. The van der Waals surface area contributed by atoms with E-state index in [1.54, 1.807) is 6.07 Å². The van der Waals surface area contributed by atoms with Crippen LogP contribution in [0.2, 0.25) is 0 Å². The molecule has 1 heterocycles. The molecule has 0 bridgehead atoms. The van der Waals surface area contributed by atoms with Crippen molar-refractivity contribution in [3.05, 3.63) is 48.0 Å². The van der Waals surface area contributed by atoms with Gasteiger partial charge in [-0.05, 0) is 44.5 Å². The molecule has 0 radical (unpaired) electrons. The summed E-state index contributed by atoms with van der Waals surface area (Å²) in [5.41, 5.74) is 3.65. The summed E-state index contributed by atoms with van der Waals surface area (Å²) in [5.74, 6) is 1.19. The van der Waals surface area contributed by atoms with Crippen LogP contribution in [-0.4, -0.2) is 29.3 Å². The van der Waals surface area contributed by atoms with Crippen LogP contribution in [-0.2, 0) is 11.8 Å². The highest BCUT2D eigenvalue weighted by Crippen LogP contribution is 2.35. The molecule has 1 amide bonds. The quantitative estimate of drug-likeness (QED) is 0.390. The molecule has 0 aliphatic rings. The summed E-state index contributed by atoms with van der Waals surface area (Å²) in [4.78, 5) is 11.9. The lowest BCUT2D eigenvalue weighted by molar-refractivity contribution is 0.162. The number of nitriles is 1. The van der Waals surface area contributed by atoms with Crippen LogP contribution < -0.4 is 10.1 Å². The van der Waals surface area contributed by atoms with Crippen molar-refractivity contribution in [1.29, 1.82) is 5.26 Å². The number of hydrogen-bond donors (Lipinski definition) is 1. The van der Waals surface area contributed by atoms with Crippen LogP contribution >= 0.6 is 11.6 Å². The van der Waals surface area contributed by atoms with E-state index in [0.29, 0.717) is 23.6 Å². The van der Waals surface area contributed by atoms with E-state index < -0.39 is 6.09 Å². The number of halogens is 1. The monoisotopic (exact) mass is 425 g/mol. The summed E-state index contributed by atoms with van der Waals surface area (Å²) in [7, 11) is 1.91. The van der Waals surface area contributed by atoms with Crippen molar-refractivity contribution in [2.24, 2.45) is 7.05 Å². The summed E-state index contributed by atoms with van der Waals surface area (Å²) >= 11 is 5.60. The van der Waals surface area contributed by atoms with E-state index in [0.717, 1.165) is 27.9 Å². The van der Waals surface area contributed by atoms with E-state index in [-0.39, 0.29) is 12.7 Å². The van der Waals surface area contributed by atoms with Crippen molar-refractivity contribution in [3.8, 4) is 23.1 Å². The average Bonchev–Trinajstić information content (AvgIpc) is 2.99. The van der Waals surface area contributed by atoms with Crippen LogP contribution in [0.3, 0.4) is 0 Å². The van der Waals surface area contributed by atoms with Crippen LogP contribution in [0.25, 0.3) is 22.2 Å². The Kier molecular flexibility index (Phi) is 6.86. The van der Waals surface area contributed by atoms with Crippen LogP contribution in [0.4, 0.5) is 10.5 Å². The summed E-state index contributed by atoms with van der Waals surface area (Å²) in [6.45, 7) is 4.21. The standard InChI is InChI=1S/C23H24ClN3O3/c1-15(2)30-18-8-9-19-20(14-25)22(27(3)21(19)13-18)16-6-4-7-17(12-16)26-23(28)29-11-5-10-24/h4,6-9,12-13,15H,5,10-11H2,1-3H3,(H,26,28). The molecule has 156 valence electrons. The first-order chi connectivity index (χ1) is 14.4. The van der Waals surface area contributed by atoms with Gasteiger partial charge in [-0.15, -0.1) is 11.6 Å². The Hall–Kier alpha value is -3.17. The molecule has 3 aromatic rings. The molecule has 6 nitrogen and oxygen atoms in total. The van der Waals surface area contributed by atoms with Crippen LogP contribution in [0.5, 0.6) is 5.75 Å². The Balaban J connectivity index is 1.97. The van der Waals surface area contributed by atoms with E-state index in [1.807, 2.05) is 61.9 Å². The fourth-order valence-corrected chi connectivity index (χ4v) is 3.44. The molecule has 0 aliphatic heterocycles. The van der Waals surface area contributed by atoms with E-state index in [2.05, 4.69) is 11.4 Å². The fraction of sp³-hybridized carbons (Fsp3) is 0.304. The molecule has 0 saturated carbocycles. The topological polar surface area (TPSA) is 76.3 Å². The van der Waals surface area contributed by atoms with Crippen LogP contribution in [0.15, 0.2) is 42.5 Å². The number of benzene rings is 2. The van der Waals surface area contributed by atoms with Gasteiger partial charge < -0.3 is 14.0 Å². The van der Waals surface area contributed by atoms with Crippen LogP contribution in [0.1, 0.15) is 25.8 Å². The maximum atomic E-state index is 11.9. The highest BCUT2D eigenvalue weighted by Gasteiger charge is 2.18. The van der Waals surface area contributed by atoms with E-state index >= 15 is 0 Å². The molecular weight excluding hydrogens is 402 g/mol. The highest BCUT2D eigenvalue weighted by atomic mass is 35.5. The molecule has 3 rings (SSSR count). The van der Waals surface area contributed by atoms with Crippen molar-refractivity contribution < 1.29 is 14.3 Å². The molecular formula is C23H24ClN3O3. The lowest BCUT2D eigenvalue weighted by Gasteiger charge is -2.11. The van der Waals surface area contributed by atoms with Gasteiger partial charge in [0.2, 0.25) is 0 Å². The minimum Gasteiger partial charge on any atom is -0.491 e. The Bertz CT molecular complexity index is 1100. The van der Waals surface area contributed by atoms with Gasteiger partial charge in [0.05, 0.1) is 29.5 Å². The van der Waals surface area contributed by atoms with Gasteiger partial charge >= 0.3 is 6.09 Å². The van der Waals surface area contributed by atoms with Crippen molar-refractivity contribution in [1.82, 2.24) is 4.57 Å². The SMILES string of the molecule is CC(C)Oc1ccc2c(C#N)c(-c3cccc(NC(=O)OCCCCl)c3)n(C)c2c1. The van der Waals surface area contributed by atoms with E-state index in [1.165, 1.54) is 0 Å². The van der Waals surface area contributed by atoms with Crippen molar-refractivity contribution in [3.63, 3.8) is 0 Å². The van der Waals surface area contributed by atoms with Gasteiger partial charge in [0.1, 0.15) is 11.8 Å². The minimum atomic E-state index is -0.537. The predicted octanol–water partition coefficient (Wildman–Crippen LogP) is 5.68. The number of nitrogens with one attached hydrogen (secondary N) is 1. The third-order valence-corrected chi connectivity index (χ3v) is 4.82. The Morgan fingerprint density at radius 3 is 2.77 bits per heavy atom. The summed E-state index contributed by atoms with van der Waals surface area (Å²) in [6, 6.07) is 15.4. The summed E-state index contributed by atoms with van der Waals surface area (Å²) in [6.07, 6.45) is 0.119. The van der Waals surface area contributed by atoms with Crippen molar-refractivity contribution >= 4 is 34.3 Å². The zero-order valence-electron chi connectivity index (χ0n) is 17.2. The molecule has 30 heavy (non-hydrogen) atoms. The van der Waals surface area contributed by atoms with Crippen LogP contribution in [0, 0.1) is 11.3 Å². The van der Waals surface area contributed by atoms with Gasteiger partial charge in [-0.25, -0.2) is 4.79 Å². The third kappa shape index (κ3) is 4.69. The number of carbonyl (C=O) groups is 1. The maximum absolute atomic E-state index is 11.9. The maximum Gasteiger partial charge on any atom is 0.411 e. The van der Waals surface area contributed by atoms with Gasteiger partial charge in [-0.2, -0.15) is 5.26 Å². The second kappa shape index (κ2) is 9.55. The second-order valence-corrected chi connectivity index (χ2v) is 7.50. The fourth-order valence-electron chi connectivity index (χ4n) is 3.33. The normalized spacial score (nSPS) is 10.8. The number of hydrogen-bond acceptors (Lipinski definition) is 4. The zero-order valence-corrected chi connectivity index (χ0v) is 18.0. The average molecular weight is 426 g/mol. The zero-order chi connectivity index (χ0) is 21.7. The number of anilines is 1. The van der Waals surface area contributed by atoms with Crippen molar-refractivity contribution in [2.45, 2.75) is 26.4 Å². The molecule has 0 fully saturated rings. The number of fused-ring (bicyclic) bond motifs is 1. The van der Waals surface area contributed by atoms with Gasteiger partial charge in [0.15, 0.2) is 0 Å². The molecule has 0 spiro atoms. The second-order valence-electron chi connectivity index (χ2n) is 7.12. The number of alkyl halides is 1. The Labute approximate surface area is 181 Å². The molecule has 0 saturated heterocycles. The third-order valence-electron chi connectivity index (χ3n) is 4.55. The highest BCUT2D eigenvalue weighted by molar-refractivity contribution is 6.17. The Morgan fingerprint density at radius 2 is 2.07 bits per heavy atom. The largest absolute Gasteiger partial charge is 0.491 e. The van der Waals surface area contributed by atoms with Gasteiger partial charge in [0, 0.05) is 35.6 Å². The van der Waals surface area contributed by atoms with E-state index in [4.69, 9.17) is 21.1 Å². The van der Waals surface area contributed by atoms with E-state index in [9.17, 15) is 10.1 Å². The first-order valence-electron chi connectivity index (χ1n) is 9.74. The number of carbonyl (C=O) groups excluding carboxylic acids is 1. The lowest BCUT2D eigenvalue weighted by Crippen LogP contribution is -2.14. The molecule has 2 aromatic carbocycles. The number of rotatable bonds is 7. The molecule has 1 aromatic heterocycles. The number of aryl methyl sites for hydroxylation is 1. The van der Waals surface area contributed by atoms with Gasteiger partial charge in [-0.1, -0.05) is 12.1 Å². The van der Waals surface area contributed by atoms with Gasteiger partial charge in [0.25, 0.3) is 0 Å². The first-order valence-corrected chi connectivity index (χ1v) is 10.3. The van der Waals surface area contributed by atoms with Gasteiger partial charge in [-0.3, -0.25) is 5.32 Å². The molecule has 0 aliphatic carbocycles. The Morgan fingerprint density at radius 1 is 1.27 bits per heavy atom. The molecule has 0 atom stereocenters. The number of aromatic nitrogens is 1. The predicted molar refractivity (Wildman–Crippen MR) is 119 cm³/mol. The smallest absolute Gasteiger partial charge is 0.411 e. The molecule has 0 unspecified atom stereocenters.